The molecular formula is C21H33N3O2. The van der Waals surface area contributed by atoms with E-state index in [1.807, 2.05) is 13.0 Å². The Morgan fingerprint density at radius 3 is 2.50 bits per heavy atom. The number of nitrogens with one attached hydrogen (secondary N) is 1. The van der Waals surface area contributed by atoms with E-state index in [-0.39, 0.29) is 12.1 Å². The van der Waals surface area contributed by atoms with Gasteiger partial charge < -0.3 is 15.3 Å². The first-order chi connectivity index (χ1) is 12.5. The first-order valence-corrected chi connectivity index (χ1v) is 10.5. The van der Waals surface area contributed by atoms with Crippen LogP contribution in [0.25, 0.3) is 0 Å². The van der Waals surface area contributed by atoms with E-state index < -0.39 is 5.60 Å². The van der Waals surface area contributed by atoms with Gasteiger partial charge in [0.2, 0.25) is 0 Å². The van der Waals surface area contributed by atoms with Crippen LogP contribution >= 0.6 is 0 Å². The second-order valence-electron chi connectivity index (χ2n) is 8.83. The van der Waals surface area contributed by atoms with E-state index in [1.54, 1.807) is 0 Å². The Morgan fingerprint density at radius 1 is 1.15 bits per heavy atom. The number of allylic oxidation sites excluding steroid dienone is 2. The van der Waals surface area contributed by atoms with Gasteiger partial charge in [-0.1, -0.05) is 12.5 Å². The molecule has 5 heteroatoms. The number of carbonyl (C=O) groups is 1. The Labute approximate surface area is 157 Å². The number of hydrogen-bond acceptors (Lipinski definition) is 4. The van der Waals surface area contributed by atoms with Crippen molar-refractivity contribution in [1.29, 1.82) is 0 Å². The maximum absolute atomic E-state index is 12.9. The normalized spacial score (nSPS) is 35.9. The molecule has 0 radical (unpaired) electrons. The van der Waals surface area contributed by atoms with Gasteiger partial charge in [-0.25, -0.2) is 0 Å². The fourth-order valence-corrected chi connectivity index (χ4v) is 4.64. The molecular weight excluding hydrogens is 326 g/mol. The monoisotopic (exact) mass is 359 g/mol. The number of hydrogen-bond donors (Lipinski definition) is 2. The van der Waals surface area contributed by atoms with Crippen molar-refractivity contribution in [3.63, 3.8) is 0 Å². The third-order valence-corrected chi connectivity index (χ3v) is 6.44. The minimum Gasteiger partial charge on any atom is -0.390 e. The summed E-state index contributed by atoms with van der Waals surface area (Å²) in [5.41, 5.74) is 0.268. The Bertz CT molecular complexity index is 578. The SMILES string of the molecule is C[C@]1(O)CC[C@@H](N2C(C(=O)NC3CC3)=CC=CC2N2CCCCC2)CC1. The van der Waals surface area contributed by atoms with Gasteiger partial charge in [-0.2, -0.15) is 0 Å². The molecule has 1 amide bonds. The fourth-order valence-electron chi connectivity index (χ4n) is 4.64. The number of nitrogens with zero attached hydrogens (tertiary/aromatic N) is 2. The molecule has 5 nitrogen and oxygen atoms in total. The van der Waals surface area contributed by atoms with E-state index in [0.717, 1.165) is 57.3 Å². The molecule has 0 spiro atoms. The lowest BCUT2D eigenvalue weighted by atomic mass is 9.82. The van der Waals surface area contributed by atoms with Crippen LogP contribution < -0.4 is 5.32 Å². The van der Waals surface area contributed by atoms with Gasteiger partial charge in [-0.15, -0.1) is 0 Å². The molecule has 3 fully saturated rings. The van der Waals surface area contributed by atoms with Crippen molar-refractivity contribution in [2.45, 2.75) is 88.6 Å². The average Bonchev–Trinajstić information content (AvgIpc) is 3.46. The van der Waals surface area contributed by atoms with Crippen LogP contribution in [0.5, 0.6) is 0 Å². The van der Waals surface area contributed by atoms with Crippen LogP contribution in [0.4, 0.5) is 0 Å². The maximum atomic E-state index is 12.9. The van der Waals surface area contributed by atoms with Crippen LogP contribution in [0.3, 0.4) is 0 Å². The van der Waals surface area contributed by atoms with Crippen LogP contribution in [0.2, 0.25) is 0 Å². The third-order valence-electron chi connectivity index (χ3n) is 6.44. The van der Waals surface area contributed by atoms with Gasteiger partial charge in [0, 0.05) is 25.2 Å². The first-order valence-electron chi connectivity index (χ1n) is 10.5. The smallest absolute Gasteiger partial charge is 0.267 e. The molecule has 26 heavy (non-hydrogen) atoms. The Kier molecular flexibility index (Phi) is 5.11. The minimum absolute atomic E-state index is 0.0798. The molecule has 2 aliphatic heterocycles. The summed E-state index contributed by atoms with van der Waals surface area (Å²) in [4.78, 5) is 17.8. The highest BCUT2D eigenvalue weighted by Gasteiger charge is 2.39. The second-order valence-corrected chi connectivity index (χ2v) is 8.83. The summed E-state index contributed by atoms with van der Waals surface area (Å²) in [5, 5.41) is 13.6. The van der Waals surface area contributed by atoms with E-state index >= 15 is 0 Å². The maximum Gasteiger partial charge on any atom is 0.267 e. The summed E-state index contributed by atoms with van der Waals surface area (Å²) < 4.78 is 0. The standard InChI is InChI=1S/C21H33N3O2/c1-21(26)12-10-17(11-13-21)24-18(20(25)22-16-8-9-16)6-5-7-19(24)23-14-3-2-4-15-23/h5-7,16-17,19,26H,2-4,8-15H2,1H3,(H,22,25)/t17-,19?,21+. The van der Waals surface area contributed by atoms with Crippen molar-refractivity contribution in [3.05, 3.63) is 23.9 Å². The third kappa shape index (κ3) is 3.99. The van der Waals surface area contributed by atoms with Crippen molar-refractivity contribution in [2.24, 2.45) is 0 Å². The van der Waals surface area contributed by atoms with E-state index in [0.29, 0.717) is 12.1 Å². The molecule has 144 valence electrons. The second kappa shape index (κ2) is 7.35. The van der Waals surface area contributed by atoms with Gasteiger partial charge in [0.15, 0.2) is 0 Å². The Morgan fingerprint density at radius 2 is 1.85 bits per heavy atom. The molecule has 0 aromatic rings. The number of piperidine rings is 1. The predicted molar refractivity (Wildman–Crippen MR) is 102 cm³/mol. The van der Waals surface area contributed by atoms with Crippen LogP contribution in [0.1, 0.15) is 64.7 Å². The summed E-state index contributed by atoms with van der Waals surface area (Å²) in [7, 11) is 0. The Balaban J connectivity index is 1.56. The highest BCUT2D eigenvalue weighted by Crippen LogP contribution is 2.36. The molecule has 4 aliphatic rings. The fraction of sp³-hybridized carbons (Fsp3) is 0.762. The number of rotatable bonds is 4. The summed E-state index contributed by atoms with van der Waals surface area (Å²) in [6, 6.07) is 0.694. The van der Waals surface area contributed by atoms with Gasteiger partial charge in [0.1, 0.15) is 11.9 Å². The van der Waals surface area contributed by atoms with E-state index in [2.05, 4.69) is 27.3 Å². The largest absolute Gasteiger partial charge is 0.390 e. The van der Waals surface area contributed by atoms with Crippen molar-refractivity contribution in [3.8, 4) is 0 Å². The average molecular weight is 360 g/mol. The van der Waals surface area contributed by atoms with Gasteiger partial charge in [0.05, 0.1) is 5.60 Å². The van der Waals surface area contributed by atoms with E-state index in [1.165, 1.54) is 19.3 Å². The number of carbonyl (C=O) groups excluding carboxylic acids is 1. The number of likely N-dealkylation sites (tertiary alicyclic amines) is 1. The predicted octanol–water partition coefficient (Wildman–Crippen LogP) is 2.53. The number of amides is 1. The molecule has 1 unspecified atom stereocenters. The molecule has 1 saturated heterocycles. The van der Waals surface area contributed by atoms with Crippen LogP contribution in [-0.2, 0) is 4.79 Å². The van der Waals surface area contributed by atoms with Crippen LogP contribution in [0.15, 0.2) is 23.9 Å². The summed E-state index contributed by atoms with van der Waals surface area (Å²) in [6.07, 6.45) is 16.0. The van der Waals surface area contributed by atoms with Crippen LogP contribution in [0, 0.1) is 0 Å². The summed E-state index contributed by atoms with van der Waals surface area (Å²) in [5.74, 6) is 0.0798. The van der Waals surface area contributed by atoms with Gasteiger partial charge in [0.25, 0.3) is 5.91 Å². The number of aliphatic hydroxyl groups is 1. The summed E-state index contributed by atoms with van der Waals surface area (Å²) >= 11 is 0. The molecule has 2 aliphatic carbocycles. The van der Waals surface area contributed by atoms with Crippen molar-refractivity contribution >= 4 is 5.91 Å². The topological polar surface area (TPSA) is 55.8 Å². The van der Waals surface area contributed by atoms with Crippen molar-refractivity contribution in [2.75, 3.05) is 13.1 Å². The van der Waals surface area contributed by atoms with Gasteiger partial charge >= 0.3 is 0 Å². The molecule has 0 aromatic heterocycles. The first kappa shape index (κ1) is 18.1. The van der Waals surface area contributed by atoms with Crippen molar-refractivity contribution in [1.82, 2.24) is 15.1 Å². The molecule has 2 heterocycles. The quantitative estimate of drug-likeness (QED) is 0.810. The van der Waals surface area contributed by atoms with Crippen LogP contribution in [-0.4, -0.2) is 57.8 Å². The van der Waals surface area contributed by atoms with E-state index in [4.69, 9.17) is 0 Å². The lowest BCUT2D eigenvalue weighted by Crippen LogP contribution is -2.56. The highest BCUT2D eigenvalue weighted by atomic mass is 16.3. The molecule has 2 N–H and O–H groups in total. The van der Waals surface area contributed by atoms with Gasteiger partial charge in [-0.3, -0.25) is 9.69 Å². The zero-order valence-electron chi connectivity index (χ0n) is 16.0. The minimum atomic E-state index is -0.553. The molecule has 0 bridgehead atoms. The molecule has 1 atom stereocenters. The van der Waals surface area contributed by atoms with E-state index in [9.17, 15) is 9.90 Å². The lowest BCUT2D eigenvalue weighted by molar-refractivity contribution is -0.121. The Hall–Kier alpha value is -1.33. The van der Waals surface area contributed by atoms with Crippen molar-refractivity contribution < 1.29 is 9.90 Å². The molecule has 2 saturated carbocycles. The zero-order chi connectivity index (χ0) is 18.1. The molecule has 4 rings (SSSR count). The lowest BCUT2D eigenvalue weighted by Gasteiger charge is -2.49. The van der Waals surface area contributed by atoms with Gasteiger partial charge in [-0.05, 0) is 70.4 Å². The zero-order valence-corrected chi connectivity index (χ0v) is 16.0. The molecule has 0 aromatic carbocycles. The summed E-state index contributed by atoms with van der Waals surface area (Å²) in [6.45, 7) is 4.15. The highest BCUT2D eigenvalue weighted by molar-refractivity contribution is 5.94.